The van der Waals surface area contributed by atoms with Crippen LogP contribution in [0.3, 0.4) is 0 Å². The highest BCUT2D eigenvalue weighted by Crippen LogP contribution is 2.70. The molecule has 1 unspecified atom stereocenters. The van der Waals surface area contributed by atoms with Crippen LogP contribution >= 0.6 is 0 Å². The molecular weight excluding hydrogens is 320 g/mol. The highest BCUT2D eigenvalue weighted by molar-refractivity contribution is 6.04. The molecule has 0 aromatic rings. The van der Waals surface area contributed by atoms with Gasteiger partial charge < -0.3 is 20.4 Å². The summed E-state index contributed by atoms with van der Waals surface area (Å²) < 4.78 is 0. The van der Waals surface area contributed by atoms with Gasteiger partial charge in [-0.05, 0) is 48.5 Å². The third kappa shape index (κ3) is 1.76. The van der Waals surface area contributed by atoms with Gasteiger partial charge in [0.25, 0.3) is 0 Å². The lowest BCUT2D eigenvalue weighted by atomic mass is 9.39. The molecule has 4 aliphatic rings. The Kier molecular flexibility index (Phi) is 3.49. The Labute approximate surface area is 148 Å². The lowest BCUT2D eigenvalue weighted by molar-refractivity contribution is -0.261. The van der Waals surface area contributed by atoms with Crippen LogP contribution in [-0.4, -0.2) is 50.6 Å². The summed E-state index contributed by atoms with van der Waals surface area (Å²) in [5.74, 6) is -1.45. The molecule has 0 radical (unpaired) electrons. The minimum Gasteiger partial charge on any atom is -0.393 e. The summed E-state index contributed by atoms with van der Waals surface area (Å²) in [6.45, 7) is 10.1. The van der Waals surface area contributed by atoms with Crippen LogP contribution in [-0.2, 0) is 4.79 Å². The van der Waals surface area contributed by atoms with Gasteiger partial charge in [-0.15, -0.1) is 0 Å². The van der Waals surface area contributed by atoms with Crippen LogP contribution in [0, 0.1) is 34.0 Å². The van der Waals surface area contributed by atoms with Crippen molar-refractivity contribution in [2.24, 2.45) is 34.0 Å². The van der Waals surface area contributed by atoms with Crippen molar-refractivity contribution in [2.45, 2.75) is 70.9 Å². The van der Waals surface area contributed by atoms with Crippen molar-refractivity contribution in [1.29, 1.82) is 0 Å². The summed E-state index contributed by atoms with van der Waals surface area (Å²) >= 11 is 0. The third-order valence-electron chi connectivity index (χ3n) is 8.62. The number of hydrogen-bond donors (Lipinski definition) is 4. The predicted molar refractivity (Wildman–Crippen MR) is 91.4 cm³/mol. The van der Waals surface area contributed by atoms with Gasteiger partial charge in [-0.2, -0.15) is 0 Å². The molecule has 0 saturated heterocycles. The summed E-state index contributed by atoms with van der Waals surface area (Å²) in [5, 5.41) is 43.8. The number of fused-ring (bicyclic) bond motifs is 3. The van der Waals surface area contributed by atoms with Gasteiger partial charge in [0, 0.05) is 11.3 Å². The van der Waals surface area contributed by atoms with Crippen LogP contribution in [0.1, 0.15) is 46.5 Å². The molecule has 4 rings (SSSR count). The zero-order valence-electron chi connectivity index (χ0n) is 15.3. The average Bonchev–Trinajstić information content (AvgIpc) is 2.66. The van der Waals surface area contributed by atoms with E-state index in [0.29, 0.717) is 19.3 Å². The van der Waals surface area contributed by atoms with Gasteiger partial charge in [-0.3, -0.25) is 4.79 Å². The van der Waals surface area contributed by atoms with Gasteiger partial charge in [0.15, 0.2) is 5.78 Å². The summed E-state index contributed by atoms with van der Waals surface area (Å²) in [6, 6.07) is 0. The summed E-state index contributed by atoms with van der Waals surface area (Å²) in [4.78, 5) is 13.2. The third-order valence-corrected chi connectivity index (χ3v) is 8.62. The zero-order valence-corrected chi connectivity index (χ0v) is 15.3. The Bertz CT molecular complexity index is 642. The van der Waals surface area contributed by atoms with E-state index in [0.717, 1.165) is 6.42 Å². The number of ketones is 1. The van der Waals surface area contributed by atoms with E-state index in [4.69, 9.17) is 0 Å². The van der Waals surface area contributed by atoms with Crippen LogP contribution in [0.25, 0.3) is 0 Å². The number of aliphatic hydroxyl groups excluding tert-OH is 4. The fourth-order valence-corrected chi connectivity index (χ4v) is 7.33. The van der Waals surface area contributed by atoms with Crippen molar-refractivity contribution in [1.82, 2.24) is 0 Å². The maximum atomic E-state index is 13.2. The second-order valence-corrected chi connectivity index (χ2v) is 9.83. The molecule has 0 aromatic carbocycles. The first-order valence-corrected chi connectivity index (χ1v) is 9.46. The quantitative estimate of drug-likeness (QED) is 0.489. The Morgan fingerprint density at radius 3 is 2.28 bits per heavy atom. The number of rotatable bonds is 0. The van der Waals surface area contributed by atoms with Crippen LogP contribution in [0.15, 0.2) is 12.2 Å². The second-order valence-electron chi connectivity index (χ2n) is 9.83. The molecule has 1 spiro atoms. The molecular formula is C20H30O5. The van der Waals surface area contributed by atoms with E-state index in [1.54, 1.807) is 0 Å². The van der Waals surface area contributed by atoms with E-state index in [-0.39, 0.29) is 22.7 Å². The fourth-order valence-electron chi connectivity index (χ4n) is 7.33. The molecule has 4 fully saturated rings. The van der Waals surface area contributed by atoms with E-state index in [2.05, 4.69) is 20.4 Å². The number of Topliss-reactive ketones (excluding diaryl/α,β-unsaturated/α-hetero) is 1. The Hall–Kier alpha value is -0.750. The topological polar surface area (TPSA) is 98.0 Å². The summed E-state index contributed by atoms with van der Waals surface area (Å²) in [7, 11) is 0. The largest absolute Gasteiger partial charge is 0.393 e. The van der Waals surface area contributed by atoms with Gasteiger partial charge in [0.1, 0.15) is 0 Å². The molecule has 4 aliphatic carbocycles. The van der Waals surface area contributed by atoms with Crippen molar-refractivity contribution >= 4 is 5.78 Å². The maximum Gasteiger partial charge on any atom is 0.170 e. The Morgan fingerprint density at radius 1 is 1.00 bits per heavy atom. The molecule has 140 valence electrons. The second kappa shape index (κ2) is 4.94. The zero-order chi connectivity index (χ0) is 18.5. The molecule has 0 aromatic heterocycles. The smallest absolute Gasteiger partial charge is 0.170 e. The molecule has 0 amide bonds. The molecule has 9 atom stereocenters. The molecule has 4 N–H and O–H groups in total. The monoisotopic (exact) mass is 350 g/mol. The van der Waals surface area contributed by atoms with Crippen molar-refractivity contribution < 1.29 is 25.2 Å². The van der Waals surface area contributed by atoms with Crippen molar-refractivity contribution in [2.75, 3.05) is 0 Å². The first-order chi connectivity index (χ1) is 11.5. The van der Waals surface area contributed by atoms with E-state index in [9.17, 15) is 25.2 Å². The molecule has 5 nitrogen and oxygen atoms in total. The average molecular weight is 350 g/mol. The van der Waals surface area contributed by atoms with Gasteiger partial charge in [-0.25, -0.2) is 0 Å². The molecule has 0 aliphatic heterocycles. The Balaban J connectivity index is 1.93. The standard InChI is InChI=1S/C20H30O5/c1-9-15-10(21)7-12-19(4)11(18(2,3)6-5-13(19)22)8-14(23)20(12,16(9)24)17(15)25/h10-15,17,21-23,25H,1,5-8H2,2-4H3/t10-,11?,12-,13-,14+,15+,17+,19+,20-/m0/s1. The lowest BCUT2D eigenvalue weighted by Gasteiger charge is -2.66. The maximum absolute atomic E-state index is 13.2. The van der Waals surface area contributed by atoms with E-state index in [1.165, 1.54) is 0 Å². The highest BCUT2D eigenvalue weighted by Gasteiger charge is 2.76. The lowest BCUT2D eigenvalue weighted by Crippen LogP contribution is -2.71. The molecule has 2 bridgehead atoms. The minimum atomic E-state index is -1.33. The van der Waals surface area contributed by atoms with Gasteiger partial charge in [0.05, 0.1) is 29.8 Å². The number of hydrogen-bond acceptors (Lipinski definition) is 5. The molecule has 4 saturated carbocycles. The van der Waals surface area contributed by atoms with Crippen molar-refractivity contribution in [3.8, 4) is 0 Å². The molecule has 25 heavy (non-hydrogen) atoms. The highest BCUT2D eigenvalue weighted by atomic mass is 16.3. The van der Waals surface area contributed by atoms with E-state index >= 15 is 0 Å². The van der Waals surface area contributed by atoms with E-state index in [1.807, 2.05) is 6.92 Å². The minimum absolute atomic E-state index is 0.0204. The number of aliphatic hydroxyl groups is 4. The predicted octanol–water partition coefficient (Wildman–Crippen LogP) is 1.04. The molecule has 0 heterocycles. The van der Waals surface area contributed by atoms with Crippen LogP contribution in [0.2, 0.25) is 0 Å². The normalized spacial score (nSPS) is 57.2. The van der Waals surface area contributed by atoms with Crippen molar-refractivity contribution in [3.05, 3.63) is 12.2 Å². The SMILES string of the molecule is C=C1C(=O)[C@@]23[C@H](O)CC4C(C)(C)CC[C@H](O)[C@@]4(C)[C@@H]2C[C@H](O)[C@@H]1[C@H]3O. The Morgan fingerprint density at radius 2 is 1.64 bits per heavy atom. The van der Waals surface area contributed by atoms with Gasteiger partial charge >= 0.3 is 0 Å². The molecule has 5 heteroatoms. The van der Waals surface area contributed by atoms with Gasteiger partial charge in [-0.1, -0.05) is 27.4 Å². The number of carbonyl (C=O) groups is 1. The first kappa shape index (κ1) is 17.7. The summed E-state index contributed by atoms with van der Waals surface area (Å²) in [6.07, 6.45) is -1.41. The van der Waals surface area contributed by atoms with Crippen LogP contribution in [0.4, 0.5) is 0 Å². The van der Waals surface area contributed by atoms with Gasteiger partial charge in [0.2, 0.25) is 0 Å². The van der Waals surface area contributed by atoms with Crippen LogP contribution in [0.5, 0.6) is 0 Å². The fraction of sp³-hybridized carbons (Fsp3) is 0.850. The first-order valence-electron chi connectivity index (χ1n) is 9.46. The van der Waals surface area contributed by atoms with Crippen LogP contribution < -0.4 is 0 Å². The van der Waals surface area contributed by atoms with Crippen molar-refractivity contribution in [3.63, 3.8) is 0 Å². The van der Waals surface area contributed by atoms with E-state index < -0.39 is 47.1 Å². The summed E-state index contributed by atoms with van der Waals surface area (Å²) in [5.41, 5.74) is -1.82. The number of carbonyl (C=O) groups excluding carboxylic acids is 1.